The number of benzene rings is 1. The van der Waals surface area contributed by atoms with Crippen molar-refractivity contribution in [3.63, 3.8) is 0 Å². The Morgan fingerprint density at radius 2 is 1.94 bits per heavy atom. The summed E-state index contributed by atoms with van der Waals surface area (Å²) < 4.78 is 0. The van der Waals surface area contributed by atoms with Gasteiger partial charge in [-0.05, 0) is 36.4 Å². The van der Waals surface area contributed by atoms with Crippen LogP contribution in [0.3, 0.4) is 0 Å². The van der Waals surface area contributed by atoms with E-state index in [9.17, 15) is 0 Å². The largest absolute Gasteiger partial charge is 0.396 e. The van der Waals surface area contributed by atoms with E-state index in [1.807, 2.05) is 0 Å². The third-order valence-corrected chi connectivity index (χ3v) is 3.47. The highest BCUT2D eigenvalue weighted by Gasteiger charge is 2.21. The van der Waals surface area contributed by atoms with E-state index in [2.05, 4.69) is 36.1 Å². The fraction of sp³-hybridized carbons (Fsp3) is 0.571. The zero-order valence-electron chi connectivity index (χ0n) is 10.0. The van der Waals surface area contributed by atoms with Crippen LogP contribution in [-0.2, 0) is 13.0 Å². The van der Waals surface area contributed by atoms with Crippen LogP contribution in [0.15, 0.2) is 24.3 Å². The molecule has 0 spiro atoms. The molecule has 0 radical (unpaired) electrons. The van der Waals surface area contributed by atoms with Crippen LogP contribution in [0.5, 0.6) is 0 Å². The number of nitrogens with zero attached hydrogens (tertiary/aromatic N) is 1. The number of hydrogen-bond acceptors (Lipinski definition) is 2. The fourth-order valence-corrected chi connectivity index (χ4v) is 2.34. The summed E-state index contributed by atoms with van der Waals surface area (Å²) in [4.78, 5) is 2.43. The summed E-state index contributed by atoms with van der Waals surface area (Å²) in [6, 6.07) is 8.89. The van der Waals surface area contributed by atoms with Gasteiger partial charge in [0.2, 0.25) is 0 Å². The van der Waals surface area contributed by atoms with Crippen LogP contribution in [-0.4, -0.2) is 29.7 Å². The van der Waals surface area contributed by atoms with Gasteiger partial charge >= 0.3 is 0 Å². The van der Waals surface area contributed by atoms with E-state index in [0.717, 1.165) is 32.5 Å². The van der Waals surface area contributed by atoms with Crippen LogP contribution >= 0.6 is 0 Å². The highest BCUT2D eigenvalue weighted by molar-refractivity contribution is 5.22. The molecule has 1 aromatic rings. The van der Waals surface area contributed by atoms with Gasteiger partial charge in [0.05, 0.1) is 0 Å². The highest BCUT2D eigenvalue weighted by Crippen LogP contribution is 2.18. The first-order valence-electron chi connectivity index (χ1n) is 6.23. The first kappa shape index (κ1) is 11.6. The van der Waals surface area contributed by atoms with Gasteiger partial charge in [0, 0.05) is 19.7 Å². The molecule has 0 aromatic heterocycles. The second kappa shape index (κ2) is 5.46. The molecule has 1 aliphatic heterocycles. The van der Waals surface area contributed by atoms with Crippen LogP contribution < -0.4 is 0 Å². The van der Waals surface area contributed by atoms with Crippen molar-refractivity contribution in [2.24, 2.45) is 5.92 Å². The summed E-state index contributed by atoms with van der Waals surface area (Å²) in [5, 5.41) is 9.09. The molecule has 1 atom stereocenters. The van der Waals surface area contributed by atoms with Gasteiger partial charge in [0.15, 0.2) is 0 Å². The lowest BCUT2D eigenvalue weighted by molar-refractivity contribution is 0.220. The maximum Gasteiger partial charge on any atom is 0.0471 e. The second-order valence-electron chi connectivity index (χ2n) is 4.74. The summed E-state index contributed by atoms with van der Waals surface area (Å²) >= 11 is 0. The van der Waals surface area contributed by atoms with Crippen molar-refractivity contribution in [2.45, 2.75) is 26.3 Å². The van der Waals surface area contributed by atoms with Gasteiger partial charge in [0.1, 0.15) is 0 Å². The predicted octanol–water partition coefficient (Wildman–Crippen LogP) is 2.06. The maximum absolute atomic E-state index is 9.09. The standard InChI is InChI=1S/C14H21NO/c1-2-12-3-5-13(6-4-12)9-15-8-7-14(10-15)11-16/h3-6,14,16H,2,7-11H2,1H3. The van der Waals surface area contributed by atoms with Gasteiger partial charge in [-0.25, -0.2) is 0 Å². The zero-order chi connectivity index (χ0) is 11.4. The average Bonchev–Trinajstić information content (AvgIpc) is 2.78. The van der Waals surface area contributed by atoms with Crippen molar-refractivity contribution in [1.29, 1.82) is 0 Å². The SMILES string of the molecule is CCc1ccc(CN2CCC(CO)C2)cc1. The number of rotatable bonds is 4. The number of hydrogen-bond donors (Lipinski definition) is 1. The third kappa shape index (κ3) is 2.83. The van der Waals surface area contributed by atoms with Gasteiger partial charge in [-0.15, -0.1) is 0 Å². The van der Waals surface area contributed by atoms with Crippen molar-refractivity contribution >= 4 is 0 Å². The number of aryl methyl sites for hydroxylation is 1. The lowest BCUT2D eigenvalue weighted by atomic mass is 10.1. The van der Waals surface area contributed by atoms with E-state index in [1.54, 1.807) is 0 Å². The van der Waals surface area contributed by atoms with E-state index in [4.69, 9.17) is 5.11 Å². The Kier molecular flexibility index (Phi) is 3.97. The lowest BCUT2D eigenvalue weighted by Crippen LogP contribution is -2.20. The van der Waals surface area contributed by atoms with Gasteiger partial charge < -0.3 is 5.11 Å². The molecular formula is C14H21NO. The van der Waals surface area contributed by atoms with Crippen LogP contribution in [0.25, 0.3) is 0 Å². The van der Waals surface area contributed by atoms with Gasteiger partial charge in [-0.3, -0.25) is 4.90 Å². The van der Waals surface area contributed by atoms with E-state index in [0.29, 0.717) is 12.5 Å². The molecule has 16 heavy (non-hydrogen) atoms. The maximum atomic E-state index is 9.09. The fourth-order valence-electron chi connectivity index (χ4n) is 2.34. The molecule has 2 heteroatoms. The van der Waals surface area contributed by atoms with Crippen molar-refractivity contribution in [3.8, 4) is 0 Å². The van der Waals surface area contributed by atoms with Gasteiger partial charge in [-0.1, -0.05) is 31.2 Å². The van der Waals surface area contributed by atoms with Crippen molar-refractivity contribution in [1.82, 2.24) is 4.90 Å². The molecule has 1 fully saturated rings. The molecule has 0 amide bonds. The van der Waals surface area contributed by atoms with Gasteiger partial charge in [0.25, 0.3) is 0 Å². The van der Waals surface area contributed by atoms with E-state index in [1.165, 1.54) is 11.1 Å². The monoisotopic (exact) mass is 219 g/mol. The average molecular weight is 219 g/mol. The van der Waals surface area contributed by atoms with Crippen molar-refractivity contribution in [2.75, 3.05) is 19.7 Å². The minimum atomic E-state index is 0.339. The zero-order valence-corrected chi connectivity index (χ0v) is 10.0. The Morgan fingerprint density at radius 3 is 2.50 bits per heavy atom. The highest BCUT2D eigenvalue weighted by atomic mass is 16.3. The molecular weight excluding hydrogens is 198 g/mol. The third-order valence-electron chi connectivity index (χ3n) is 3.47. The Labute approximate surface area is 97.9 Å². The van der Waals surface area contributed by atoms with Crippen molar-refractivity contribution in [3.05, 3.63) is 35.4 Å². The molecule has 0 aliphatic carbocycles. The van der Waals surface area contributed by atoms with Crippen LogP contribution in [0, 0.1) is 5.92 Å². The van der Waals surface area contributed by atoms with E-state index >= 15 is 0 Å². The summed E-state index contributed by atoms with van der Waals surface area (Å²) in [7, 11) is 0. The Bertz CT molecular complexity index is 320. The normalized spacial score (nSPS) is 21.5. The predicted molar refractivity (Wildman–Crippen MR) is 66.3 cm³/mol. The molecule has 1 N–H and O–H groups in total. The van der Waals surface area contributed by atoms with Crippen LogP contribution in [0.2, 0.25) is 0 Å². The van der Waals surface area contributed by atoms with Crippen LogP contribution in [0.4, 0.5) is 0 Å². The minimum Gasteiger partial charge on any atom is -0.396 e. The van der Waals surface area contributed by atoms with E-state index in [-0.39, 0.29) is 0 Å². The molecule has 1 aromatic carbocycles. The smallest absolute Gasteiger partial charge is 0.0471 e. The second-order valence-corrected chi connectivity index (χ2v) is 4.74. The summed E-state index contributed by atoms with van der Waals surface area (Å²) in [5.41, 5.74) is 2.79. The van der Waals surface area contributed by atoms with Crippen LogP contribution in [0.1, 0.15) is 24.5 Å². The Balaban J connectivity index is 1.89. The molecule has 1 aliphatic rings. The molecule has 2 nitrogen and oxygen atoms in total. The molecule has 88 valence electrons. The molecule has 2 rings (SSSR count). The van der Waals surface area contributed by atoms with E-state index < -0.39 is 0 Å². The minimum absolute atomic E-state index is 0.339. The van der Waals surface area contributed by atoms with Crippen molar-refractivity contribution < 1.29 is 5.11 Å². The molecule has 1 unspecified atom stereocenters. The number of likely N-dealkylation sites (tertiary alicyclic amines) is 1. The summed E-state index contributed by atoms with van der Waals surface area (Å²) in [6.45, 7) is 5.72. The number of aliphatic hydroxyl groups is 1. The topological polar surface area (TPSA) is 23.5 Å². The molecule has 1 heterocycles. The first-order chi connectivity index (χ1) is 7.81. The summed E-state index contributed by atoms with van der Waals surface area (Å²) in [5.74, 6) is 0.495. The summed E-state index contributed by atoms with van der Waals surface area (Å²) in [6.07, 6.45) is 2.25. The lowest BCUT2D eigenvalue weighted by Gasteiger charge is -2.15. The Hall–Kier alpha value is -0.860. The Morgan fingerprint density at radius 1 is 1.25 bits per heavy atom. The molecule has 1 saturated heterocycles. The first-order valence-corrected chi connectivity index (χ1v) is 6.23. The quantitative estimate of drug-likeness (QED) is 0.838. The molecule has 0 saturated carbocycles. The number of aliphatic hydroxyl groups excluding tert-OH is 1. The van der Waals surface area contributed by atoms with Gasteiger partial charge in [-0.2, -0.15) is 0 Å². The molecule has 0 bridgehead atoms.